The first-order chi connectivity index (χ1) is 18.9. The van der Waals surface area contributed by atoms with Crippen LogP contribution in [0.4, 0.5) is 23.0 Å². The Morgan fingerprint density at radius 2 is 2.05 bits per heavy atom. The van der Waals surface area contributed by atoms with E-state index >= 15 is 0 Å². The van der Waals surface area contributed by atoms with Crippen molar-refractivity contribution >= 4 is 28.8 Å². The Kier molecular flexibility index (Phi) is 7.64. The molecule has 202 valence electrons. The number of methoxy groups -OCH3 is 1. The summed E-state index contributed by atoms with van der Waals surface area (Å²) in [5.41, 5.74) is 1.92. The first-order valence-electron chi connectivity index (χ1n) is 12.7. The van der Waals surface area contributed by atoms with Gasteiger partial charge in [-0.2, -0.15) is 10.1 Å². The summed E-state index contributed by atoms with van der Waals surface area (Å²) in [5, 5.41) is 10.8. The zero-order valence-corrected chi connectivity index (χ0v) is 22.0. The minimum Gasteiger partial charge on any atom is -0.494 e. The first kappa shape index (κ1) is 26.0. The van der Waals surface area contributed by atoms with Crippen molar-refractivity contribution in [2.45, 2.75) is 26.3 Å². The number of nitrogens with one attached hydrogen (secondary N) is 2. The monoisotopic (exact) mass is 530 g/mol. The third kappa shape index (κ3) is 5.80. The van der Waals surface area contributed by atoms with E-state index in [1.165, 1.54) is 6.20 Å². The van der Waals surface area contributed by atoms with Crippen molar-refractivity contribution in [3.05, 3.63) is 65.1 Å². The summed E-state index contributed by atoms with van der Waals surface area (Å²) in [6.45, 7) is 3.74. The molecule has 12 nitrogen and oxygen atoms in total. The predicted octanol–water partition coefficient (Wildman–Crippen LogP) is 3.56. The molecule has 1 fully saturated rings. The van der Waals surface area contributed by atoms with Crippen LogP contribution in [0.5, 0.6) is 5.75 Å². The highest BCUT2D eigenvalue weighted by Crippen LogP contribution is 2.37. The topological polar surface area (TPSA) is 138 Å². The summed E-state index contributed by atoms with van der Waals surface area (Å²) in [5.74, 6) is 2.05. The van der Waals surface area contributed by atoms with Gasteiger partial charge in [0.25, 0.3) is 0 Å². The molecule has 4 heterocycles. The Bertz CT molecular complexity index is 1540. The number of carbonyl (C=O) groups excluding carboxylic acids is 1. The highest BCUT2D eigenvalue weighted by Gasteiger charge is 2.19. The summed E-state index contributed by atoms with van der Waals surface area (Å²) in [4.78, 5) is 38.2. The maximum atomic E-state index is 12.7. The number of benzene rings is 1. The van der Waals surface area contributed by atoms with Crippen LogP contribution < -0.4 is 21.1 Å². The van der Waals surface area contributed by atoms with Gasteiger partial charge in [-0.05, 0) is 24.6 Å². The number of hydrogen-bond acceptors (Lipinski definition) is 10. The van der Waals surface area contributed by atoms with Crippen molar-refractivity contribution in [2.24, 2.45) is 13.0 Å². The molecule has 0 saturated carbocycles. The summed E-state index contributed by atoms with van der Waals surface area (Å²) in [6.07, 6.45) is 6.08. The van der Waals surface area contributed by atoms with Crippen LogP contribution in [-0.2, 0) is 18.3 Å². The zero-order chi connectivity index (χ0) is 27.4. The van der Waals surface area contributed by atoms with Gasteiger partial charge in [-0.25, -0.2) is 14.8 Å². The molecule has 5 rings (SSSR count). The maximum Gasteiger partial charge on any atom is 0.349 e. The molecule has 1 aliphatic rings. The lowest BCUT2D eigenvalue weighted by Gasteiger charge is -2.17. The minimum absolute atomic E-state index is 0.0744. The van der Waals surface area contributed by atoms with E-state index in [0.717, 1.165) is 13.0 Å². The highest BCUT2D eigenvalue weighted by atomic mass is 16.5. The second-order valence-electron chi connectivity index (χ2n) is 9.25. The Morgan fingerprint density at radius 3 is 2.74 bits per heavy atom. The quantitative estimate of drug-likeness (QED) is 0.293. The molecule has 1 aliphatic heterocycles. The number of anilines is 4. The standard InChI is InChI=1S/C27H30N8O4/c1-4-22(36)19-13-28-24(31-23-8-10-35(27(37)32-23)14-17-9-11-39-15-17)12-21(19)30-20-7-5-6-18(25(20)38-3)26-29-16-34(2)33-26/h5-8,10,12-13,16-17H,4,9,11,14-15H2,1-3H3,(H2,28,30,31,32,37)/t17-/m1/s1. The van der Waals surface area contributed by atoms with Crippen molar-refractivity contribution in [3.63, 3.8) is 0 Å². The fraction of sp³-hybridized carbons (Fsp3) is 0.333. The van der Waals surface area contributed by atoms with E-state index in [1.54, 1.807) is 55.0 Å². The molecule has 0 spiro atoms. The molecule has 0 aliphatic carbocycles. The van der Waals surface area contributed by atoms with Crippen LogP contribution in [0, 0.1) is 5.92 Å². The summed E-state index contributed by atoms with van der Waals surface area (Å²) in [6, 6.07) is 9.00. The van der Waals surface area contributed by atoms with Gasteiger partial charge in [-0.15, -0.1) is 0 Å². The van der Waals surface area contributed by atoms with E-state index in [-0.39, 0.29) is 11.5 Å². The smallest absolute Gasteiger partial charge is 0.349 e. The van der Waals surface area contributed by atoms with Gasteiger partial charge in [0.1, 0.15) is 18.0 Å². The fourth-order valence-electron chi connectivity index (χ4n) is 4.45. The molecule has 0 radical (unpaired) electrons. The number of rotatable bonds is 10. The van der Waals surface area contributed by atoms with Gasteiger partial charge >= 0.3 is 5.69 Å². The van der Waals surface area contributed by atoms with E-state index in [9.17, 15) is 9.59 Å². The second kappa shape index (κ2) is 11.4. The average Bonchev–Trinajstić information content (AvgIpc) is 3.61. The van der Waals surface area contributed by atoms with Gasteiger partial charge < -0.3 is 20.1 Å². The average molecular weight is 531 g/mol. The lowest BCUT2D eigenvalue weighted by Crippen LogP contribution is -2.26. The van der Waals surface area contributed by atoms with Crippen molar-refractivity contribution in [3.8, 4) is 17.1 Å². The van der Waals surface area contributed by atoms with E-state index in [1.807, 2.05) is 18.2 Å². The Labute approximate surface area is 225 Å². The Morgan fingerprint density at radius 1 is 1.18 bits per heavy atom. The minimum atomic E-state index is -0.354. The number of para-hydroxylation sites is 1. The largest absolute Gasteiger partial charge is 0.494 e. The molecule has 1 atom stereocenters. The number of hydrogen-bond donors (Lipinski definition) is 2. The number of Topliss-reactive ketones (excluding diaryl/α,β-unsaturated/α-hetero) is 1. The molecule has 0 amide bonds. The first-order valence-corrected chi connectivity index (χ1v) is 12.7. The van der Waals surface area contributed by atoms with Crippen LogP contribution in [0.1, 0.15) is 30.1 Å². The molecule has 0 bridgehead atoms. The van der Waals surface area contributed by atoms with Gasteiger partial charge in [-0.3, -0.25) is 14.0 Å². The lowest BCUT2D eigenvalue weighted by molar-refractivity contribution is 0.0988. The van der Waals surface area contributed by atoms with Crippen LogP contribution in [0.2, 0.25) is 0 Å². The normalized spacial score (nSPS) is 14.8. The van der Waals surface area contributed by atoms with Crippen LogP contribution in [0.15, 0.2) is 53.8 Å². The molecular weight excluding hydrogens is 500 g/mol. The molecule has 39 heavy (non-hydrogen) atoms. The van der Waals surface area contributed by atoms with Crippen molar-refractivity contribution in [1.29, 1.82) is 0 Å². The van der Waals surface area contributed by atoms with Gasteiger partial charge in [0.05, 0.1) is 36.2 Å². The van der Waals surface area contributed by atoms with E-state index in [0.29, 0.717) is 71.2 Å². The summed E-state index contributed by atoms with van der Waals surface area (Å²) in [7, 11) is 3.36. The number of nitrogens with zero attached hydrogens (tertiary/aromatic N) is 6. The van der Waals surface area contributed by atoms with Crippen LogP contribution in [0.25, 0.3) is 11.4 Å². The van der Waals surface area contributed by atoms with Crippen LogP contribution in [0.3, 0.4) is 0 Å². The van der Waals surface area contributed by atoms with Gasteiger partial charge in [0, 0.05) is 51.0 Å². The summed E-state index contributed by atoms with van der Waals surface area (Å²) >= 11 is 0. The van der Waals surface area contributed by atoms with Gasteiger partial charge in [-0.1, -0.05) is 13.0 Å². The maximum absolute atomic E-state index is 12.7. The van der Waals surface area contributed by atoms with Crippen molar-refractivity contribution < 1.29 is 14.3 Å². The van der Waals surface area contributed by atoms with E-state index in [4.69, 9.17) is 9.47 Å². The number of aryl methyl sites for hydroxylation is 1. The number of pyridine rings is 1. The van der Waals surface area contributed by atoms with Crippen LogP contribution in [-0.4, -0.2) is 55.4 Å². The molecule has 2 N–H and O–H groups in total. The number of aromatic nitrogens is 6. The Balaban J connectivity index is 1.43. The zero-order valence-electron chi connectivity index (χ0n) is 22.0. The molecule has 1 aromatic carbocycles. The number of ketones is 1. The molecule has 3 aromatic heterocycles. The number of carbonyl (C=O) groups is 1. The molecule has 4 aromatic rings. The third-order valence-corrected chi connectivity index (χ3v) is 6.46. The lowest BCUT2D eigenvalue weighted by atomic mass is 10.1. The van der Waals surface area contributed by atoms with Gasteiger partial charge in [0.15, 0.2) is 17.4 Å². The van der Waals surface area contributed by atoms with E-state index < -0.39 is 0 Å². The molecule has 0 unspecified atom stereocenters. The SMILES string of the molecule is CCC(=O)c1cnc(Nc2ccn(C[C@H]3CCOC3)c(=O)n2)cc1Nc1cccc(-c2ncn(C)n2)c1OC. The molecular formula is C27H30N8O4. The predicted molar refractivity (Wildman–Crippen MR) is 146 cm³/mol. The second-order valence-corrected chi connectivity index (χ2v) is 9.25. The summed E-state index contributed by atoms with van der Waals surface area (Å²) < 4.78 is 14.3. The molecule has 1 saturated heterocycles. The van der Waals surface area contributed by atoms with Crippen molar-refractivity contribution in [2.75, 3.05) is 31.0 Å². The number of ether oxygens (including phenoxy) is 2. The Hall–Kier alpha value is -4.58. The van der Waals surface area contributed by atoms with Gasteiger partial charge in [0.2, 0.25) is 0 Å². The fourth-order valence-corrected chi connectivity index (χ4v) is 4.45. The third-order valence-electron chi connectivity index (χ3n) is 6.46. The van der Waals surface area contributed by atoms with Crippen LogP contribution >= 0.6 is 0 Å². The van der Waals surface area contributed by atoms with E-state index in [2.05, 4.69) is 30.7 Å². The molecule has 12 heteroatoms. The van der Waals surface area contributed by atoms with Crippen molar-refractivity contribution in [1.82, 2.24) is 29.3 Å². The highest BCUT2D eigenvalue weighted by molar-refractivity contribution is 6.02.